The zero-order chi connectivity index (χ0) is 20.6. The maximum Gasteiger partial charge on any atom is 0.420 e. The van der Waals surface area contributed by atoms with E-state index in [-0.39, 0.29) is 10.9 Å². The third kappa shape index (κ3) is 4.14. The highest BCUT2D eigenvalue weighted by Gasteiger charge is 2.32. The lowest BCUT2D eigenvalue weighted by Gasteiger charge is -2.36. The van der Waals surface area contributed by atoms with Crippen LogP contribution in [-0.4, -0.2) is 68.1 Å². The lowest BCUT2D eigenvalue weighted by atomic mass is 9.99. The molecule has 0 spiro atoms. The van der Waals surface area contributed by atoms with Crippen molar-refractivity contribution in [1.82, 2.24) is 13.8 Å². The minimum absolute atomic E-state index is 0.0609. The summed E-state index contributed by atoms with van der Waals surface area (Å²) in [5, 5.41) is 0. The van der Waals surface area contributed by atoms with Gasteiger partial charge in [0.05, 0.1) is 23.6 Å². The van der Waals surface area contributed by atoms with Gasteiger partial charge < -0.3 is 9.15 Å². The molecule has 0 N–H and O–H groups in total. The van der Waals surface area contributed by atoms with E-state index in [1.165, 1.54) is 10.6 Å². The van der Waals surface area contributed by atoms with Crippen LogP contribution in [0.3, 0.4) is 0 Å². The number of oxazole rings is 1. The molecular weight excluding hydrogens is 394 g/mol. The van der Waals surface area contributed by atoms with Crippen molar-refractivity contribution in [3.8, 4) is 0 Å². The molecule has 1 atom stereocenters. The Morgan fingerprint density at radius 1 is 1.17 bits per heavy atom. The molecule has 9 heteroatoms. The SMILES string of the molecule is CC(C)n1c(=O)oc2cc(S(=O)(=O)N3CCC[C@@H](CN4CCOCC4)C3)ccc21. The number of sulfonamides is 1. The van der Waals surface area contributed by atoms with Gasteiger partial charge in [-0.25, -0.2) is 13.2 Å². The first kappa shape index (κ1) is 20.6. The predicted molar refractivity (Wildman–Crippen MR) is 110 cm³/mol. The molecule has 2 saturated heterocycles. The normalized spacial score (nSPS) is 22.5. The summed E-state index contributed by atoms with van der Waals surface area (Å²) in [6.45, 7) is 9.04. The fraction of sp³-hybridized carbons (Fsp3) is 0.650. The van der Waals surface area contributed by atoms with E-state index in [0.29, 0.717) is 30.1 Å². The summed E-state index contributed by atoms with van der Waals surface area (Å²) >= 11 is 0. The molecule has 2 aromatic rings. The molecule has 160 valence electrons. The molecule has 29 heavy (non-hydrogen) atoms. The number of hydrogen-bond acceptors (Lipinski definition) is 6. The Bertz CT molecular complexity index is 1020. The number of benzene rings is 1. The zero-order valence-corrected chi connectivity index (χ0v) is 17.9. The van der Waals surface area contributed by atoms with Gasteiger partial charge in [0.1, 0.15) is 0 Å². The van der Waals surface area contributed by atoms with Crippen molar-refractivity contribution in [2.75, 3.05) is 45.9 Å². The van der Waals surface area contributed by atoms with Crippen LogP contribution in [-0.2, 0) is 14.8 Å². The highest BCUT2D eigenvalue weighted by atomic mass is 32.2. The van der Waals surface area contributed by atoms with Gasteiger partial charge in [-0.15, -0.1) is 0 Å². The fourth-order valence-electron chi connectivity index (χ4n) is 4.36. The topological polar surface area (TPSA) is 85.0 Å². The Hall–Kier alpha value is -1.68. The van der Waals surface area contributed by atoms with E-state index >= 15 is 0 Å². The van der Waals surface area contributed by atoms with Crippen molar-refractivity contribution in [3.63, 3.8) is 0 Å². The van der Waals surface area contributed by atoms with Crippen LogP contribution in [0.5, 0.6) is 0 Å². The van der Waals surface area contributed by atoms with Crippen LogP contribution in [0.4, 0.5) is 0 Å². The van der Waals surface area contributed by atoms with Crippen molar-refractivity contribution < 1.29 is 17.6 Å². The molecule has 0 radical (unpaired) electrons. The highest BCUT2D eigenvalue weighted by Crippen LogP contribution is 2.27. The minimum atomic E-state index is -3.63. The molecular formula is C20H29N3O5S. The van der Waals surface area contributed by atoms with Crippen LogP contribution in [0.2, 0.25) is 0 Å². The summed E-state index contributed by atoms with van der Waals surface area (Å²) in [5.41, 5.74) is 0.930. The highest BCUT2D eigenvalue weighted by molar-refractivity contribution is 7.89. The smallest absolute Gasteiger partial charge is 0.408 e. The second-order valence-electron chi connectivity index (χ2n) is 8.25. The largest absolute Gasteiger partial charge is 0.420 e. The average Bonchev–Trinajstić information content (AvgIpc) is 3.04. The van der Waals surface area contributed by atoms with Crippen molar-refractivity contribution in [3.05, 3.63) is 28.7 Å². The molecule has 0 unspecified atom stereocenters. The van der Waals surface area contributed by atoms with Crippen LogP contribution in [0.15, 0.2) is 32.3 Å². The Balaban J connectivity index is 1.55. The Morgan fingerprint density at radius 3 is 2.66 bits per heavy atom. The van der Waals surface area contributed by atoms with E-state index in [4.69, 9.17) is 9.15 Å². The lowest BCUT2D eigenvalue weighted by molar-refractivity contribution is 0.0265. The van der Waals surface area contributed by atoms with Gasteiger partial charge in [0.2, 0.25) is 10.0 Å². The standard InChI is InChI=1S/C20H29N3O5S/c1-15(2)23-18-6-5-17(12-19(18)28-20(23)24)29(25,26)22-7-3-4-16(14-22)13-21-8-10-27-11-9-21/h5-6,12,15-16H,3-4,7-11,13-14H2,1-2H3/t16-/m0/s1. The minimum Gasteiger partial charge on any atom is -0.408 e. The summed E-state index contributed by atoms with van der Waals surface area (Å²) in [4.78, 5) is 14.6. The molecule has 2 fully saturated rings. The van der Waals surface area contributed by atoms with Gasteiger partial charge in [-0.05, 0) is 44.7 Å². The summed E-state index contributed by atoms with van der Waals surface area (Å²) in [6.07, 6.45) is 1.89. The van der Waals surface area contributed by atoms with Gasteiger partial charge in [-0.2, -0.15) is 4.31 Å². The monoisotopic (exact) mass is 423 g/mol. The van der Waals surface area contributed by atoms with E-state index in [1.807, 2.05) is 13.8 Å². The molecule has 0 aliphatic carbocycles. The zero-order valence-electron chi connectivity index (χ0n) is 17.0. The molecule has 3 heterocycles. The predicted octanol–water partition coefficient (Wildman–Crippen LogP) is 1.91. The first-order valence-corrected chi connectivity index (χ1v) is 11.8. The number of aromatic nitrogens is 1. The molecule has 4 rings (SSSR count). The number of morpholine rings is 1. The Labute approximate surface area is 171 Å². The van der Waals surface area contributed by atoms with Gasteiger partial charge in [-0.1, -0.05) is 0 Å². The van der Waals surface area contributed by atoms with E-state index in [0.717, 1.165) is 45.7 Å². The third-order valence-electron chi connectivity index (χ3n) is 5.84. The number of piperidine rings is 1. The molecule has 2 aliphatic heterocycles. The Morgan fingerprint density at radius 2 is 1.93 bits per heavy atom. The summed E-state index contributed by atoms with van der Waals surface area (Å²) in [5.74, 6) is -0.145. The van der Waals surface area contributed by atoms with E-state index in [1.54, 1.807) is 16.4 Å². The summed E-state index contributed by atoms with van der Waals surface area (Å²) in [7, 11) is -3.63. The van der Waals surface area contributed by atoms with Crippen LogP contribution in [0.25, 0.3) is 11.1 Å². The van der Waals surface area contributed by atoms with Crippen molar-refractivity contribution in [1.29, 1.82) is 0 Å². The summed E-state index contributed by atoms with van der Waals surface area (Å²) in [6, 6.07) is 4.67. The van der Waals surface area contributed by atoms with Crippen molar-refractivity contribution in [2.45, 2.75) is 37.6 Å². The molecule has 1 aromatic heterocycles. The first-order valence-electron chi connectivity index (χ1n) is 10.3. The van der Waals surface area contributed by atoms with Crippen molar-refractivity contribution >= 4 is 21.1 Å². The molecule has 2 aliphatic rings. The number of fused-ring (bicyclic) bond motifs is 1. The molecule has 0 amide bonds. The molecule has 8 nitrogen and oxygen atoms in total. The van der Waals surface area contributed by atoms with E-state index < -0.39 is 15.8 Å². The maximum atomic E-state index is 13.3. The third-order valence-corrected chi connectivity index (χ3v) is 7.70. The average molecular weight is 424 g/mol. The second-order valence-corrected chi connectivity index (χ2v) is 10.2. The van der Waals surface area contributed by atoms with Crippen LogP contribution >= 0.6 is 0 Å². The number of ether oxygens (including phenoxy) is 1. The lowest BCUT2D eigenvalue weighted by Crippen LogP contribution is -2.46. The van der Waals surface area contributed by atoms with Gasteiger partial charge in [0, 0.05) is 44.8 Å². The van der Waals surface area contributed by atoms with E-state index in [9.17, 15) is 13.2 Å². The summed E-state index contributed by atoms with van der Waals surface area (Å²) < 4.78 is 40.3. The molecule has 0 saturated carbocycles. The van der Waals surface area contributed by atoms with Crippen LogP contribution in [0, 0.1) is 5.92 Å². The van der Waals surface area contributed by atoms with Crippen LogP contribution in [0.1, 0.15) is 32.7 Å². The van der Waals surface area contributed by atoms with E-state index in [2.05, 4.69) is 4.90 Å². The van der Waals surface area contributed by atoms with Gasteiger partial charge in [-0.3, -0.25) is 9.47 Å². The molecule has 1 aromatic carbocycles. The number of hydrogen-bond donors (Lipinski definition) is 0. The fourth-order valence-corrected chi connectivity index (χ4v) is 5.93. The second kappa shape index (κ2) is 8.22. The van der Waals surface area contributed by atoms with Gasteiger partial charge in [0.25, 0.3) is 0 Å². The first-order chi connectivity index (χ1) is 13.9. The maximum absolute atomic E-state index is 13.3. The quantitative estimate of drug-likeness (QED) is 0.730. The molecule has 0 bridgehead atoms. The van der Waals surface area contributed by atoms with Gasteiger partial charge >= 0.3 is 5.76 Å². The Kier molecular flexibility index (Phi) is 5.83. The number of rotatable bonds is 5. The van der Waals surface area contributed by atoms with Gasteiger partial charge in [0.15, 0.2) is 5.58 Å². The van der Waals surface area contributed by atoms with Crippen LogP contribution < -0.4 is 5.76 Å². The van der Waals surface area contributed by atoms with Crippen molar-refractivity contribution in [2.24, 2.45) is 5.92 Å². The number of nitrogens with zero attached hydrogens (tertiary/aromatic N) is 3.